The second-order valence-electron chi connectivity index (χ2n) is 4.47. The van der Waals surface area contributed by atoms with Gasteiger partial charge in [-0.2, -0.15) is 18.3 Å². The highest BCUT2D eigenvalue weighted by Gasteiger charge is 2.30. The molecule has 20 heavy (non-hydrogen) atoms. The van der Waals surface area contributed by atoms with Gasteiger partial charge in [-0.25, -0.2) is 4.68 Å². The van der Waals surface area contributed by atoms with E-state index in [0.717, 1.165) is 23.5 Å². The molecular weight excluding hydrogens is 267 g/mol. The Morgan fingerprint density at radius 2 is 1.70 bits per heavy atom. The van der Waals surface area contributed by atoms with Crippen molar-refractivity contribution in [1.29, 1.82) is 0 Å². The van der Waals surface area contributed by atoms with Crippen LogP contribution in [-0.2, 0) is 19.0 Å². The van der Waals surface area contributed by atoms with E-state index in [1.165, 1.54) is 12.1 Å². The Balaban J connectivity index is 2.47. The predicted octanol–water partition coefficient (Wildman–Crippen LogP) is 3.60. The molecule has 0 amide bonds. The molecular formula is C14H16F3N3. The van der Waals surface area contributed by atoms with Crippen LogP contribution in [0, 0.1) is 0 Å². The maximum absolute atomic E-state index is 12.5. The first kappa shape index (κ1) is 14.4. The normalized spacial score (nSPS) is 11.8. The zero-order valence-electron chi connectivity index (χ0n) is 11.3. The van der Waals surface area contributed by atoms with Crippen molar-refractivity contribution in [2.24, 2.45) is 0 Å². The van der Waals surface area contributed by atoms with Gasteiger partial charge in [-0.1, -0.05) is 13.8 Å². The van der Waals surface area contributed by atoms with Crippen LogP contribution in [0.5, 0.6) is 0 Å². The number of anilines is 1. The van der Waals surface area contributed by atoms with Crippen LogP contribution in [0.25, 0.3) is 5.69 Å². The average molecular weight is 283 g/mol. The first-order valence-electron chi connectivity index (χ1n) is 6.42. The zero-order valence-corrected chi connectivity index (χ0v) is 11.3. The minimum Gasteiger partial charge on any atom is -0.396 e. The fourth-order valence-electron chi connectivity index (χ4n) is 2.12. The van der Waals surface area contributed by atoms with Crippen LogP contribution in [0.15, 0.2) is 24.3 Å². The Hall–Kier alpha value is -1.98. The van der Waals surface area contributed by atoms with Crippen LogP contribution in [0.4, 0.5) is 18.9 Å². The van der Waals surface area contributed by atoms with Crippen molar-refractivity contribution in [1.82, 2.24) is 9.78 Å². The van der Waals surface area contributed by atoms with E-state index in [1.807, 2.05) is 13.8 Å². The molecule has 0 aliphatic heterocycles. The smallest absolute Gasteiger partial charge is 0.396 e. The summed E-state index contributed by atoms with van der Waals surface area (Å²) in [6.07, 6.45) is -2.98. The lowest BCUT2D eigenvalue weighted by Gasteiger charge is -2.09. The highest BCUT2D eigenvalue weighted by molar-refractivity contribution is 5.52. The summed E-state index contributed by atoms with van der Waals surface area (Å²) < 4.78 is 39.3. The summed E-state index contributed by atoms with van der Waals surface area (Å²) >= 11 is 0. The maximum atomic E-state index is 12.5. The number of benzene rings is 1. The van der Waals surface area contributed by atoms with Gasteiger partial charge in [0.05, 0.1) is 28.3 Å². The third-order valence-electron chi connectivity index (χ3n) is 3.21. The number of nitrogens with zero attached hydrogens (tertiary/aromatic N) is 2. The number of nitrogens with two attached hydrogens (primary N) is 1. The molecule has 0 bridgehead atoms. The van der Waals surface area contributed by atoms with Crippen LogP contribution >= 0.6 is 0 Å². The molecule has 0 radical (unpaired) electrons. The standard InChI is InChI=1S/C14H16F3N3/c1-3-11-13(18)12(4-2)20(19-11)10-7-5-9(6-8-10)14(15,16)17/h5-8H,3-4,18H2,1-2H3. The van der Waals surface area contributed by atoms with Crippen molar-refractivity contribution in [2.45, 2.75) is 32.9 Å². The number of halogens is 3. The van der Waals surface area contributed by atoms with Crippen molar-refractivity contribution < 1.29 is 13.2 Å². The molecule has 0 saturated carbocycles. The van der Waals surface area contributed by atoms with Crippen molar-refractivity contribution in [3.63, 3.8) is 0 Å². The Morgan fingerprint density at radius 1 is 1.10 bits per heavy atom. The van der Waals surface area contributed by atoms with Gasteiger partial charge < -0.3 is 5.73 Å². The topological polar surface area (TPSA) is 43.8 Å². The Kier molecular flexibility index (Phi) is 3.74. The van der Waals surface area contributed by atoms with E-state index in [4.69, 9.17) is 5.73 Å². The van der Waals surface area contributed by atoms with Crippen LogP contribution < -0.4 is 5.73 Å². The van der Waals surface area contributed by atoms with Gasteiger partial charge in [-0.05, 0) is 37.1 Å². The van der Waals surface area contributed by atoms with Crippen molar-refractivity contribution >= 4 is 5.69 Å². The average Bonchev–Trinajstić information content (AvgIpc) is 2.74. The third-order valence-corrected chi connectivity index (χ3v) is 3.21. The Labute approximate surface area is 115 Å². The molecule has 1 aromatic heterocycles. The second kappa shape index (κ2) is 5.19. The zero-order chi connectivity index (χ0) is 14.9. The first-order valence-corrected chi connectivity index (χ1v) is 6.42. The summed E-state index contributed by atoms with van der Waals surface area (Å²) in [7, 11) is 0. The summed E-state index contributed by atoms with van der Waals surface area (Å²) in [5.74, 6) is 0. The molecule has 2 aromatic rings. The van der Waals surface area contributed by atoms with Crippen LogP contribution in [0.1, 0.15) is 30.8 Å². The van der Waals surface area contributed by atoms with Gasteiger partial charge in [0.2, 0.25) is 0 Å². The van der Waals surface area contributed by atoms with E-state index in [2.05, 4.69) is 5.10 Å². The van der Waals surface area contributed by atoms with Gasteiger partial charge in [0, 0.05) is 0 Å². The lowest BCUT2D eigenvalue weighted by atomic mass is 10.2. The number of rotatable bonds is 3. The van der Waals surface area contributed by atoms with Gasteiger partial charge in [0.1, 0.15) is 0 Å². The first-order chi connectivity index (χ1) is 9.38. The summed E-state index contributed by atoms with van der Waals surface area (Å²) in [4.78, 5) is 0. The van der Waals surface area contributed by atoms with E-state index in [9.17, 15) is 13.2 Å². The number of hydrogen-bond acceptors (Lipinski definition) is 2. The molecule has 2 N–H and O–H groups in total. The Morgan fingerprint density at radius 3 is 2.15 bits per heavy atom. The lowest BCUT2D eigenvalue weighted by molar-refractivity contribution is -0.137. The van der Waals surface area contributed by atoms with E-state index >= 15 is 0 Å². The van der Waals surface area contributed by atoms with Gasteiger partial charge in [-0.3, -0.25) is 0 Å². The summed E-state index contributed by atoms with van der Waals surface area (Å²) in [5.41, 5.74) is 8.12. The van der Waals surface area contributed by atoms with E-state index < -0.39 is 11.7 Å². The minimum atomic E-state index is -4.33. The fourth-order valence-corrected chi connectivity index (χ4v) is 2.12. The molecule has 0 saturated heterocycles. The largest absolute Gasteiger partial charge is 0.416 e. The minimum absolute atomic E-state index is 0.584. The molecule has 108 valence electrons. The Bertz CT molecular complexity index is 597. The van der Waals surface area contributed by atoms with Crippen molar-refractivity contribution in [3.8, 4) is 5.69 Å². The number of aryl methyl sites for hydroxylation is 1. The quantitative estimate of drug-likeness (QED) is 0.935. The van der Waals surface area contributed by atoms with Crippen molar-refractivity contribution in [3.05, 3.63) is 41.2 Å². The molecule has 1 heterocycles. The lowest BCUT2D eigenvalue weighted by Crippen LogP contribution is -2.06. The highest BCUT2D eigenvalue weighted by atomic mass is 19.4. The molecule has 0 spiro atoms. The molecule has 0 unspecified atom stereocenters. The van der Waals surface area contributed by atoms with E-state index in [0.29, 0.717) is 24.2 Å². The predicted molar refractivity (Wildman–Crippen MR) is 71.7 cm³/mol. The van der Waals surface area contributed by atoms with Gasteiger partial charge >= 0.3 is 6.18 Å². The molecule has 6 heteroatoms. The van der Waals surface area contributed by atoms with Gasteiger partial charge in [0.25, 0.3) is 0 Å². The van der Waals surface area contributed by atoms with Gasteiger partial charge in [-0.15, -0.1) is 0 Å². The monoisotopic (exact) mass is 283 g/mol. The number of aromatic nitrogens is 2. The van der Waals surface area contributed by atoms with Crippen LogP contribution in [-0.4, -0.2) is 9.78 Å². The van der Waals surface area contributed by atoms with Crippen molar-refractivity contribution in [2.75, 3.05) is 5.73 Å². The SMILES string of the molecule is CCc1nn(-c2ccc(C(F)(F)F)cc2)c(CC)c1N. The third kappa shape index (κ3) is 2.50. The molecule has 1 aromatic carbocycles. The highest BCUT2D eigenvalue weighted by Crippen LogP contribution is 2.30. The second-order valence-corrected chi connectivity index (χ2v) is 4.47. The molecule has 0 fully saturated rings. The summed E-state index contributed by atoms with van der Waals surface area (Å²) in [5, 5.41) is 4.37. The van der Waals surface area contributed by atoms with E-state index in [1.54, 1.807) is 4.68 Å². The number of hydrogen-bond donors (Lipinski definition) is 1. The molecule has 0 aliphatic rings. The summed E-state index contributed by atoms with van der Waals surface area (Å²) in [6, 6.07) is 4.93. The number of alkyl halides is 3. The van der Waals surface area contributed by atoms with Gasteiger partial charge in [0.15, 0.2) is 0 Å². The van der Waals surface area contributed by atoms with Crippen LogP contribution in [0.3, 0.4) is 0 Å². The summed E-state index contributed by atoms with van der Waals surface area (Å²) in [6.45, 7) is 3.88. The fraction of sp³-hybridized carbons (Fsp3) is 0.357. The maximum Gasteiger partial charge on any atom is 0.416 e. The molecule has 2 rings (SSSR count). The molecule has 0 aliphatic carbocycles. The molecule has 0 atom stereocenters. The van der Waals surface area contributed by atoms with Crippen LogP contribution in [0.2, 0.25) is 0 Å². The number of nitrogen functional groups attached to an aromatic ring is 1. The molecule has 3 nitrogen and oxygen atoms in total. The van der Waals surface area contributed by atoms with E-state index in [-0.39, 0.29) is 0 Å².